The summed E-state index contributed by atoms with van der Waals surface area (Å²) in [5.41, 5.74) is 6.18. The molecule has 30 heavy (non-hydrogen) atoms. The molecule has 0 fully saturated rings. The number of hydrogen-bond acceptors (Lipinski definition) is 6. The predicted molar refractivity (Wildman–Crippen MR) is 118 cm³/mol. The van der Waals surface area contributed by atoms with Gasteiger partial charge in [0.05, 0.1) is 24.2 Å². The van der Waals surface area contributed by atoms with Crippen LogP contribution in [0.15, 0.2) is 50.8 Å². The summed E-state index contributed by atoms with van der Waals surface area (Å²) in [7, 11) is 1.49. The number of rotatable bonds is 8. The number of aromatic nitrogens is 2. The van der Waals surface area contributed by atoms with Crippen molar-refractivity contribution in [2.24, 2.45) is 10.8 Å². The summed E-state index contributed by atoms with van der Waals surface area (Å²) in [5, 5.41) is 4.87. The third-order valence-corrected chi connectivity index (χ3v) is 4.72. The fourth-order valence-corrected chi connectivity index (χ4v) is 3.22. The lowest BCUT2D eigenvalue weighted by molar-refractivity contribution is -0.119. The van der Waals surface area contributed by atoms with Crippen LogP contribution in [-0.2, 0) is 11.2 Å². The number of nitrogens with zero attached hydrogens (tertiary/aromatic N) is 3. The fourth-order valence-electron chi connectivity index (χ4n) is 2.86. The number of fused-ring (bicyclic) bond motifs is 1. The first-order chi connectivity index (χ1) is 14.4. The smallest absolute Gasteiger partial charge is 0.282 e. The number of ether oxygens (including phenoxy) is 2. The number of benzene rings is 2. The van der Waals surface area contributed by atoms with Gasteiger partial charge in [0.2, 0.25) is 0 Å². The van der Waals surface area contributed by atoms with E-state index in [0.29, 0.717) is 40.2 Å². The molecule has 0 saturated heterocycles. The normalized spacial score (nSPS) is 11.2. The predicted octanol–water partition coefficient (Wildman–Crippen LogP) is 2.87. The van der Waals surface area contributed by atoms with Gasteiger partial charge in [-0.2, -0.15) is 9.78 Å². The highest BCUT2D eigenvalue weighted by Gasteiger charge is 2.11. The third-order valence-electron chi connectivity index (χ3n) is 4.23. The zero-order valence-electron chi connectivity index (χ0n) is 16.6. The third kappa shape index (κ3) is 4.85. The second-order valence-electron chi connectivity index (χ2n) is 6.47. The molecule has 156 valence electrons. The zero-order valence-corrected chi connectivity index (χ0v) is 18.2. The number of carbonyl (C=O) groups is 1. The molecule has 0 saturated carbocycles. The molecule has 0 spiro atoms. The number of aryl methyl sites for hydroxylation is 1. The first-order valence-corrected chi connectivity index (χ1v) is 10.1. The van der Waals surface area contributed by atoms with Crippen LogP contribution in [0.2, 0.25) is 0 Å². The number of halogens is 1. The standard InChI is InChI=1S/C21H21BrN4O4/c1-3-4-20-25-16-7-6-14(22)10-15(16)21(28)26(20)24-11-13-5-8-17(18(9-13)29-2)30-12-19(23)27/h5-11H,3-4,12H2,1-2H3,(H2,23,27). The Bertz CT molecular complexity index is 1170. The molecule has 9 heteroatoms. The minimum atomic E-state index is -0.582. The van der Waals surface area contributed by atoms with Crippen molar-refractivity contribution < 1.29 is 14.3 Å². The summed E-state index contributed by atoms with van der Waals surface area (Å²) in [6.07, 6.45) is 2.98. The Labute approximate surface area is 181 Å². The van der Waals surface area contributed by atoms with Gasteiger partial charge in [-0.1, -0.05) is 22.9 Å². The van der Waals surface area contributed by atoms with E-state index in [9.17, 15) is 9.59 Å². The largest absolute Gasteiger partial charge is 0.493 e. The Balaban J connectivity index is 2.00. The van der Waals surface area contributed by atoms with Crippen LogP contribution in [0.25, 0.3) is 10.9 Å². The molecule has 0 aliphatic heterocycles. The molecule has 0 atom stereocenters. The van der Waals surface area contributed by atoms with Gasteiger partial charge in [0.15, 0.2) is 18.1 Å². The maximum Gasteiger partial charge on any atom is 0.282 e. The maximum absolute atomic E-state index is 13.0. The maximum atomic E-state index is 13.0. The zero-order chi connectivity index (χ0) is 21.7. The summed E-state index contributed by atoms with van der Waals surface area (Å²) in [5.74, 6) is 0.805. The SMILES string of the molecule is CCCc1nc2ccc(Br)cc2c(=O)n1N=Cc1ccc(OCC(N)=O)c(OC)c1. The van der Waals surface area contributed by atoms with Crippen molar-refractivity contribution in [2.45, 2.75) is 19.8 Å². The number of methoxy groups -OCH3 is 1. The average molecular weight is 473 g/mol. The number of hydrogen-bond donors (Lipinski definition) is 1. The topological polar surface area (TPSA) is 109 Å². The highest BCUT2D eigenvalue weighted by atomic mass is 79.9. The first-order valence-electron chi connectivity index (χ1n) is 9.27. The Hall–Kier alpha value is -3.20. The summed E-state index contributed by atoms with van der Waals surface area (Å²) in [6, 6.07) is 10.5. The van der Waals surface area contributed by atoms with Gasteiger partial charge in [-0.05, 0) is 48.4 Å². The van der Waals surface area contributed by atoms with Crippen LogP contribution in [0.1, 0.15) is 24.7 Å². The molecule has 1 aromatic heterocycles. The second-order valence-corrected chi connectivity index (χ2v) is 7.38. The number of primary amides is 1. The van der Waals surface area contributed by atoms with Crippen molar-refractivity contribution in [1.29, 1.82) is 0 Å². The second kappa shape index (κ2) is 9.53. The van der Waals surface area contributed by atoms with Crippen LogP contribution in [0.4, 0.5) is 0 Å². The first kappa shape index (κ1) is 21.5. The van der Waals surface area contributed by atoms with Crippen molar-refractivity contribution in [1.82, 2.24) is 9.66 Å². The van der Waals surface area contributed by atoms with E-state index in [2.05, 4.69) is 26.0 Å². The van der Waals surface area contributed by atoms with Crippen LogP contribution in [0.3, 0.4) is 0 Å². The minimum Gasteiger partial charge on any atom is -0.493 e. The summed E-state index contributed by atoms with van der Waals surface area (Å²) in [6.45, 7) is 1.76. The number of carbonyl (C=O) groups excluding carboxylic acids is 1. The van der Waals surface area contributed by atoms with E-state index in [0.717, 1.165) is 10.9 Å². The fraction of sp³-hybridized carbons (Fsp3) is 0.238. The van der Waals surface area contributed by atoms with Gasteiger partial charge in [-0.15, -0.1) is 0 Å². The van der Waals surface area contributed by atoms with Crippen molar-refractivity contribution >= 4 is 39.0 Å². The van der Waals surface area contributed by atoms with Crippen LogP contribution in [0.5, 0.6) is 11.5 Å². The quantitative estimate of drug-likeness (QED) is 0.506. The Morgan fingerprint density at radius 3 is 2.77 bits per heavy atom. The van der Waals surface area contributed by atoms with E-state index in [4.69, 9.17) is 15.2 Å². The molecule has 0 aliphatic rings. The van der Waals surface area contributed by atoms with Gasteiger partial charge in [-0.25, -0.2) is 4.98 Å². The molecule has 0 bridgehead atoms. The number of amides is 1. The molecule has 1 heterocycles. The van der Waals surface area contributed by atoms with Crippen molar-refractivity contribution in [2.75, 3.05) is 13.7 Å². The molecule has 3 rings (SSSR count). The Morgan fingerprint density at radius 1 is 1.27 bits per heavy atom. The number of nitrogens with two attached hydrogens (primary N) is 1. The lowest BCUT2D eigenvalue weighted by Gasteiger charge is -2.10. The Morgan fingerprint density at radius 2 is 2.07 bits per heavy atom. The van der Waals surface area contributed by atoms with E-state index in [1.807, 2.05) is 19.1 Å². The van der Waals surface area contributed by atoms with E-state index in [-0.39, 0.29) is 12.2 Å². The van der Waals surface area contributed by atoms with Crippen LogP contribution in [-0.4, -0.2) is 35.5 Å². The van der Waals surface area contributed by atoms with Gasteiger partial charge in [0.25, 0.3) is 11.5 Å². The van der Waals surface area contributed by atoms with E-state index < -0.39 is 5.91 Å². The molecule has 0 aliphatic carbocycles. The van der Waals surface area contributed by atoms with Gasteiger partial charge < -0.3 is 15.2 Å². The molecular weight excluding hydrogens is 452 g/mol. The highest BCUT2D eigenvalue weighted by Crippen LogP contribution is 2.27. The highest BCUT2D eigenvalue weighted by molar-refractivity contribution is 9.10. The lowest BCUT2D eigenvalue weighted by atomic mass is 10.2. The van der Waals surface area contributed by atoms with E-state index >= 15 is 0 Å². The summed E-state index contributed by atoms with van der Waals surface area (Å²) >= 11 is 3.39. The van der Waals surface area contributed by atoms with Crippen molar-refractivity contribution in [3.05, 3.63) is 62.6 Å². The molecule has 8 nitrogen and oxygen atoms in total. The lowest BCUT2D eigenvalue weighted by Crippen LogP contribution is -2.22. The molecule has 0 unspecified atom stereocenters. The average Bonchev–Trinajstić information content (AvgIpc) is 2.73. The van der Waals surface area contributed by atoms with E-state index in [1.54, 1.807) is 30.5 Å². The van der Waals surface area contributed by atoms with Crippen molar-refractivity contribution in [3.63, 3.8) is 0 Å². The van der Waals surface area contributed by atoms with Crippen molar-refractivity contribution in [3.8, 4) is 11.5 Å². The minimum absolute atomic E-state index is 0.241. The Kier molecular flexibility index (Phi) is 6.83. The monoisotopic (exact) mass is 472 g/mol. The van der Waals surface area contributed by atoms with Crippen LogP contribution < -0.4 is 20.8 Å². The molecular formula is C21H21BrN4O4. The summed E-state index contributed by atoms with van der Waals surface area (Å²) < 4.78 is 12.7. The molecule has 2 aromatic carbocycles. The molecule has 3 aromatic rings. The van der Waals surface area contributed by atoms with Crippen LogP contribution in [0, 0.1) is 0 Å². The molecule has 2 N–H and O–H groups in total. The van der Waals surface area contributed by atoms with Gasteiger partial charge >= 0.3 is 0 Å². The molecule has 1 amide bonds. The van der Waals surface area contributed by atoms with Gasteiger partial charge in [0.1, 0.15) is 5.82 Å². The summed E-state index contributed by atoms with van der Waals surface area (Å²) in [4.78, 5) is 28.6. The van der Waals surface area contributed by atoms with Crippen LogP contribution >= 0.6 is 15.9 Å². The van der Waals surface area contributed by atoms with Gasteiger partial charge in [-0.3, -0.25) is 9.59 Å². The molecule has 0 radical (unpaired) electrons. The van der Waals surface area contributed by atoms with Gasteiger partial charge in [0, 0.05) is 10.9 Å². The van der Waals surface area contributed by atoms with E-state index in [1.165, 1.54) is 11.8 Å².